The van der Waals surface area contributed by atoms with Crippen molar-refractivity contribution >= 4 is 39.6 Å². The van der Waals surface area contributed by atoms with Gasteiger partial charge in [0.2, 0.25) is 0 Å². The monoisotopic (exact) mass is 856 g/mol. The van der Waals surface area contributed by atoms with Crippen LogP contribution < -0.4 is 9.13 Å². The first-order valence-electron chi connectivity index (χ1n) is 15.7. The molecule has 0 bridgehead atoms. The van der Waals surface area contributed by atoms with Crippen LogP contribution in [0.5, 0.6) is 11.6 Å². The Labute approximate surface area is 294 Å². The molecule has 47 heavy (non-hydrogen) atoms. The molecule has 0 N–H and O–H groups in total. The van der Waals surface area contributed by atoms with E-state index < -0.39 is 13.3 Å². The Morgan fingerprint density at radius 3 is 2.34 bits per heavy atom. The Kier molecular flexibility index (Phi) is 9.04. The largest absolute Gasteiger partial charge is 2.00 e. The molecule has 7 rings (SSSR count). The number of rotatable bonds is 6. The molecule has 4 aromatic carbocycles. The maximum absolute atomic E-state index is 6.40. The van der Waals surface area contributed by atoms with Gasteiger partial charge in [0.15, 0.2) is 0 Å². The number of benzene rings is 4. The summed E-state index contributed by atoms with van der Waals surface area (Å²) in [6.45, 7) is 6.70. The van der Waals surface area contributed by atoms with Crippen LogP contribution in [0.2, 0.25) is 17.3 Å². The molecular formula is C41H37GeN3OPt. The molecule has 6 heteroatoms. The number of aromatic nitrogens is 3. The zero-order valence-corrected chi connectivity index (χ0v) is 31.9. The number of hydrogen-bond acceptors (Lipinski definition) is 3. The number of nitrogens with zero attached hydrogens (tertiary/aromatic N) is 3. The van der Waals surface area contributed by atoms with Crippen LogP contribution in [0.4, 0.5) is 0 Å². The molecule has 0 aliphatic heterocycles. The van der Waals surface area contributed by atoms with Gasteiger partial charge in [-0.25, -0.2) is 0 Å². The van der Waals surface area contributed by atoms with Crippen molar-refractivity contribution in [1.82, 2.24) is 14.5 Å². The van der Waals surface area contributed by atoms with Gasteiger partial charge in [-0.1, -0.05) is 57.2 Å². The first-order valence-corrected chi connectivity index (χ1v) is 23.1. The fourth-order valence-electron chi connectivity index (χ4n) is 5.85. The van der Waals surface area contributed by atoms with Crippen molar-refractivity contribution in [3.8, 4) is 39.7 Å². The van der Waals surface area contributed by atoms with E-state index in [1.54, 1.807) is 0 Å². The second-order valence-electron chi connectivity index (χ2n) is 13.9. The van der Waals surface area contributed by atoms with E-state index in [2.05, 4.69) is 133 Å². The first-order chi connectivity index (χ1) is 22.0. The molecule has 0 unspecified atom stereocenters. The van der Waals surface area contributed by atoms with Crippen LogP contribution in [-0.4, -0.2) is 27.8 Å². The number of ether oxygens (including phenoxy) is 1. The number of fused-ring (bicyclic) bond motifs is 3. The average molecular weight is 855 g/mol. The molecule has 4 nitrogen and oxygen atoms in total. The van der Waals surface area contributed by atoms with Gasteiger partial charge in [-0.2, -0.15) is 23.8 Å². The van der Waals surface area contributed by atoms with Crippen molar-refractivity contribution in [1.29, 1.82) is 0 Å². The summed E-state index contributed by atoms with van der Waals surface area (Å²) in [7, 11) is 0. The molecule has 0 radical (unpaired) electrons. The molecule has 0 fully saturated rings. The van der Waals surface area contributed by atoms with Gasteiger partial charge in [0, 0.05) is 0 Å². The molecule has 0 saturated heterocycles. The maximum atomic E-state index is 6.40. The predicted octanol–water partition coefficient (Wildman–Crippen LogP) is 10.1. The van der Waals surface area contributed by atoms with E-state index in [9.17, 15) is 0 Å². The van der Waals surface area contributed by atoms with E-state index in [1.807, 2.05) is 42.6 Å². The van der Waals surface area contributed by atoms with Crippen LogP contribution in [0.1, 0.15) is 26.3 Å². The summed E-state index contributed by atoms with van der Waals surface area (Å²) in [5.74, 6) is 8.28. The topological polar surface area (TPSA) is 39.9 Å². The molecular weight excluding hydrogens is 818 g/mol. The van der Waals surface area contributed by atoms with E-state index >= 15 is 0 Å². The molecule has 0 saturated carbocycles. The van der Waals surface area contributed by atoms with Gasteiger partial charge >= 0.3 is 181 Å². The standard InChI is InChI=1S/C41H37GeN3O.Pt/c1-41(2,3)31-15-11-16-33(26-31)45-38-20-18-29(28-12-8-7-9-13-28)25-36(38)35-19-21-39(44-40(35)45)46-34-17-10-14-30(24-34)37-27-32(22-23-43-37)42(4,5)6;/h7-15,17-23,25-27H,1-6H3;/q-2;+2. The van der Waals surface area contributed by atoms with Gasteiger partial charge in [-0.3, -0.25) is 0 Å². The zero-order chi connectivity index (χ0) is 32.1. The Morgan fingerprint density at radius 1 is 0.766 bits per heavy atom. The summed E-state index contributed by atoms with van der Waals surface area (Å²) < 4.78 is 10.0. The van der Waals surface area contributed by atoms with Crippen LogP contribution in [0, 0.1) is 12.1 Å². The minimum absolute atomic E-state index is 0. The SMILES string of the molecule is CC(C)(C)c1cc[c-]c(-n2c3ccc(-c4ccccc4)cc3c3ccc(Oc4[c-]c(-c5c[c]([Ge]([CH3])([CH3])[CH3])ccn5)ccc4)nc32)c1.[Pt+2]. The fraction of sp³-hybridized carbons (Fsp3) is 0.171. The summed E-state index contributed by atoms with van der Waals surface area (Å²) in [5, 5.41) is 2.19. The second-order valence-corrected chi connectivity index (χ2v) is 24.5. The van der Waals surface area contributed by atoms with Crippen molar-refractivity contribution in [3.05, 3.63) is 133 Å². The molecule has 3 aromatic heterocycles. The fourth-order valence-corrected chi connectivity index (χ4v) is 8.25. The summed E-state index contributed by atoms with van der Waals surface area (Å²) in [4.78, 5) is 9.78. The summed E-state index contributed by atoms with van der Waals surface area (Å²) in [5.41, 5.74) is 8.25. The van der Waals surface area contributed by atoms with E-state index in [1.165, 1.54) is 21.1 Å². The van der Waals surface area contributed by atoms with Gasteiger partial charge < -0.3 is 0 Å². The normalized spacial score (nSPS) is 11.9. The van der Waals surface area contributed by atoms with Crippen molar-refractivity contribution in [2.75, 3.05) is 0 Å². The van der Waals surface area contributed by atoms with Crippen molar-refractivity contribution in [2.45, 2.75) is 43.5 Å². The van der Waals surface area contributed by atoms with Gasteiger partial charge in [0.05, 0.1) is 0 Å². The summed E-state index contributed by atoms with van der Waals surface area (Å²) in [6.07, 6.45) is 1.91. The van der Waals surface area contributed by atoms with Crippen LogP contribution in [0.15, 0.2) is 115 Å². The van der Waals surface area contributed by atoms with E-state index in [4.69, 9.17) is 9.72 Å². The smallest absolute Gasteiger partial charge is 0.143 e. The molecule has 0 atom stereocenters. The zero-order valence-electron chi connectivity index (χ0n) is 27.5. The molecule has 236 valence electrons. The Hall–Kier alpha value is -3.99. The van der Waals surface area contributed by atoms with Crippen LogP contribution in [0.3, 0.4) is 0 Å². The number of pyridine rings is 2. The molecule has 7 aromatic rings. The third-order valence-electron chi connectivity index (χ3n) is 8.47. The van der Waals surface area contributed by atoms with Gasteiger partial charge in [-0.15, -0.1) is 6.07 Å². The van der Waals surface area contributed by atoms with Crippen molar-refractivity contribution < 1.29 is 25.8 Å². The Morgan fingerprint density at radius 2 is 1.57 bits per heavy atom. The molecule has 0 aliphatic carbocycles. The van der Waals surface area contributed by atoms with E-state index in [0.717, 1.165) is 38.9 Å². The summed E-state index contributed by atoms with van der Waals surface area (Å²) >= 11 is -2.01. The quantitative estimate of drug-likeness (QED) is 0.124. The predicted molar refractivity (Wildman–Crippen MR) is 193 cm³/mol. The Bertz CT molecular complexity index is 2210. The van der Waals surface area contributed by atoms with Crippen LogP contribution in [-0.2, 0) is 26.5 Å². The van der Waals surface area contributed by atoms with E-state index in [-0.39, 0.29) is 26.5 Å². The first kappa shape index (κ1) is 32.9. The maximum Gasteiger partial charge on any atom is 2.00 e. The minimum Gasteiger partial charge on any atom is -0.143 e. The number of hydrogen-bond donors (Lipinski definition) is 0. The van der Waals surface area contributed by atoms with Crippen molar-refractivity contribution in [3.63, 3.8) is 0 Å². The average Bonchev–Trinajstić information content (AvgIpc) is 3.37. The summed E-state index contributed by atoms with van der Waals surface area (Å²) in [6, 6.07) is 44.8. The van der Waals surface area contributed by atoms with Crippen molar-refractivity contribution in [2.24, 2.45) is 0 Å². The van der Waals surface area contributed by atoms with E-state index in [0.29, 0.717) is 11.6 Å². The second kappa shape index (κ2) is 12.9. The third kappa shape index (κ3) is 6.72. The Balaban J connectivity index is 0.00000386. The molecule has 3 heterocycles. The third-order valence-corrected chi connectivity index (χ3v) is 12.8. The van der Waals surface area contributed by atoms with Crippen LogP contribution >= 0.6 is 0 Å². The minimum atomic E-state index is -2.01. The van der Waals surface area contributed by atoms with Gasteiger partial charge in [0.25, 0.3) is 0 Å². The van der Waals surface area contributed by atoms with Gasteiger partial charge in [0.1, 0.15) is 0 Å². The van der Waals surface area contributed by atoms with Gasteiger partial charge in [-0.05, 0) is 28.7 Å². The molecule has 0 aliphatic rings. The van der Waals surface area contributed by atoms with Crippen LogP contribution in [0.25, 0.3) is 50.0 Å². The molecule has 0 amide bonds. The molecule has 0 spiro atoms.